The van der Waals surface area contributed by atoms with E-state index in [9.17, 15) is 8.42 Å². The topological polar surface area (TPSA) is 64.8 Å². The van der Waals surface area contributed by atoms with Crippen molar-refractivity contribution in [1.29, 1.82) is 0 Å². The molecule has 6 heteroatoms. The van der Waals surface area contributed by atoms with Crippen molar-refractivity contribution in [3.05, 3.63) is 78.9 Å². The van der Waals surface area contributed by atoms with Gasteiger partial charge in [0, 0.05) is 41.3 Å². The summed E-state index contributed by atoms with van der Waals surface area (Å²) in [6.07, 6.45) is 6.67. The Kier molecular flexibility index (Phi) is 3.62. The van der Waals surface area contributed by atoms with Crippen LogP contribution in [0.5, 0.6) is 0 Å². The van der Waals surface area contributed by atoms with Gasteiger partial charge in [0.25, 0.3) is 10.0 Å². The van der Waals surface area contributed by atoms with Gasteiger partial charge < -0.3 is 0 Å². The average molecular weight is 349 g/mol. The Labute approximate surface area is 145 Å². The molecule has 0 aliphatic rings. The van der Waals surface area contributed by atoms with Gasteiger partial charge in [0.15, 0.2) is 5.65 Å². The fourth-order valence-corrected chi connectivity index (χ4v) is 4.02. The first-order valence-corrected chi connectivity index (χ1v) is 9.19. The van der Waals surface area contributed by atoms with Crippen LogP contribution in [-0.4, -0.2) is 22.4 Å². The molecule has 0 fully saturated rings. The van der Waals surface area contributed by atoms with Gasteiger partial charge in [0.05, 0.1) is 4.90 Å². The summed E-state index contributed by atoms with van der Waals surface area (Å²) in [6.45, 7) is 1.92. The first-order chi connectivity index (χ1) is 12.1. The van der Waals surface area contributed by atoms with Gasteiger partial charge in [-0.15, -0.1) is 0 Å². The number of aromatic nitrogens is 3. The van der Waals surface area contributed by atoms with Gasteiger partial charge in [-0.25, -0.2) is 17.4 Å². The van der Waals surface area contributed by atoms with Crippen LogP contribution in [0.15, 0.2) is 78.2 Å². The van der Waals surface area contributed by atoms with E-state index in [1.165, 1.54) is 3.97 Å². The van der Waals surface area contributed by atoms with Gasteiger partial charge in [-0.3, -0.25) is 4.98 Å². The lowest BCUT2D eigenvalue weighted by Gasteiger charge is -2.08. The van der Waals surface area contributed by atoms with Crippen molar-refractivity contribution in [1.82, 2.24) is 13.9 Å². The summed E-state index contributed by atoms with van der Waals surface area (Å²) >= 11 is 0. The van der Waals surface area contributed by atoms with Gasteiger partial charge in [0.2, 0.25) is 0 Å². The lowest BCUT2D eigenvalue weighted by molar-refractivity contribution is 0.588. The smallest absolute Gasteiger partial charge is 0.264 e. The van der Waals surface area contributed by atoms with Crippen molar-refractivity contribution in [2.24, 2.45) is 0 Å². The van der Waals surface area contributed by atoms with Gasteiger partial charge in [-0.2, -0.15) is 0 Å². The molecule has 4 aromatic rings. The van der Waals surface area contributed by atoms with Gasteiger partial charge >= 0.3 is 0 Å². The van der Waals surface area contributed by atoms with Gasteiger partial charge in [0.1, 0.15) is 0 Å². The number of hydrogen-bond donors (Lipinski definition) is 0. The lowest BCUT2D eigenvalue weighted by Crippen LogP contribution is -2.12. The number of benzene rings is 1. The Bertz CT molecular complexity index is 1150. The molecule has 0 bridgehead atoms. The van der Waals surface area contributed by atoms with Crippen molar-refractivity contribution in [3.8, 4) is 11.1 Å². The number of aryl methyl sites for hydroxylation is 1. The SMILES string of the molecule is Cc1ccc(S(=O)(=O)n2ccc3cc(-c4cccnc4)cnc32)cc1. The zero-order valence-corrected chi connectivity index (χ0v) is 14.3. The standard InChI is InChI=1S/C19H15N3O2S/c1-14-4-6-18(7-5-14)25(23,24)22-10-8-15-11-17(13-21-19(15)22)16-3-2-9-20-12-16/h2-13H,1H3. The van der Waals surface area contributed by atoms with E-state index in [0.717, 1.165) is 22.1 Å². The highest BCUT2D eigenvalue weighted by atomic mass is 32.2. The summed E-state index contributed by atoms with van der Waals surface area (Å²) in [5.74, 6) is 0. The third-order valence-corrected chi connectivity index (χ3v) is 5.75. The van der Waals surface area contributed by atoms with Crippen LogP contribution in [0.25, 0.3) is 22.2 Å². The number of nitrogens with zero attached hydrogens (tertiary/aromatic N) is 3. The Hall–Kier alpha value is -2.99. The maximum Gasteiger partial charge on any atom is 0.269 e. The molecule has 25 heavy (non-hydrogen) atoms. The molecule has 5 nitrogen and oxygen atoms in total. The van der Waals surface area contributed by atoms with Crippen LogP contribution >= 0.6 is 0 Å². The minimum Gasteiger partial charge on any atom is -0.264 e. The van der Waals surface area contributed by atoms with Crippen LogP contribution in [0.3, 0.4) is 0 Å². The minimum atomic E-state index is -3.67. The predicted molar refractivity (Wildman–Crippen MR) is 96.7 cm³/mol. The molecule has 0 saturated heterocycles. The fourth-order valence-electron chi connectivity index (χ4n) is 2.71. The van der Waals surface area contributed by atoms with E-state index in [-0.39, 0.29) is 4.90 Å². The number of pyridine rings is 2. The van der Waals surface area contributed by atoms with E-state index in [2.05, 4.69) is 9.97 Å². The molecule has 3 heterocycles. The highest BCUT2D eigenvalue weighted by Crippen LogP contribution is 2.25. The van der Waals surface area contributed by atoms with Crippen molar-refractivity contribution in [2.45, 2.75) is 11.8 Å². The summed E-state index contributed by atoms with van der Waals surface area (Å²) in [4.78, 5) is 8.73. The highest BCUT2D eigenvalue weighted by Gasteiger charge is 2.19. The van der Waals surface area contributed by atoms with Crippen LogP contribution in [0.2, 0.25) is 0 Å². The quantitative estimate of drug-likeness (QED) is 0.566. The summed E-state index contributed by atoms with van der Waals surface area (Å²) in [5.41, 5.74) is 3.25. The summed E-state index contributed by atoms with van der Waals surface area (Å²) in [7, 11) is -3.67. The summed E-state index contributed by atoms with van der Waals surface area (Å²) in [5, 5.41) is 0.761. The first-order valence-electron chi connectivity index (χ1n) is 7.75. The van der Waals surface area contributed by atoms with Crippen molar-refractivity contribution in [2.75, 3.05) is 0 Å². The molecule has 4 rings (SSSR count). The molecular weight excluding hydrogens is 334 g/mol. The van der Waals surface area contributed by atoms with E-state index < -0.39 is 10.0 Å². The second-order valence-electron chi connectivity index (χ2n) is 5.81. The predicted octanol–water partition coefficient (Wildman–Crippen LogP) is 3.64. The molecule has 0 unspecified atom stereocenters. The van der Waals surface area contributed by atoms with Crippen LogP contribution in [-0.2, 0) is 10.0 Å². The Morgan fingerprint density at radius 2 is 1.76 bits per heavy atom. The molecule has 0 amide bonds. The van der Waals surface area contributed by atoms with E-state index in [1.807, 2.05) is 25.1 Å². The Morgan fingerprint density at radius 3 is 2.48 bits per heavy atom. The van der Waals surface area contributed by atoms with Crippen molar-refractivity contribution >= 4 is 21.1 Å². The zero-order valence-electron chi connectivity index (χ0n) is 13.5. The van der Waals surface area contributed by atoms with Crippen molar-refractivity contribution in [3.63, 3.8) is 0 Å². The van der Waals surface area contributed by atoms with Crippen molar-refractivity contribution < 1.29 is 8.42 Å². The molecule has 1 aromatic carbocycles. The third-order valence-electron chi connectivity index (χ3n) is 4.07. The van der Waals surface area contributed by atoms with Crippen LogP contribution in [0.1, 0.15) is 5.56 Å². The molecule has 0 aliphatic heterocycles. The molecule has 0 N–H and O–H groups in total. The lowest BCUT2D eigenvalue weighted by atomic mass is 10.1. The van der Waals surface area contributed by atoms with Crippen LogP contribution < -0.4 is 0 Å². The number of rotatable bonds is 3. The van der Waals surface area contributed by atoms with Crippen LogP contribution in [0.4, 0.5) is 0 Å². The maximum absolute atomic E-state index is 12.9. The molecule has 0 radical (unpaired) electrons. The molecule has 0 atom stereocenters. The number of hydrogen-bond acceptors (Lipinski definition) is 4. The third kappa shape index (κ3) is 2.70. The zero-order chi connectivity index (χ0) is 17.4. The molecule has 124 valence electrons. The first kappa shape index (κ1) is 15.5. The molecular formula is C19H15N3O2S. The molecule has 0 saturated carbocycles. The monoisotopic (exact) mass is 349 g/mol. The summed E-state index contributed by atoms with van der Waals surface area (Å²) < 4.78 is 27.0. The molecule has 0 spiro atoms. The van der Waals surface area contributed by atoms with E-state index in [0.29, 0.717) is 5.65 Å². The van der Waals surface area contributed by atoms with Crippen LogP contribution in [0, 0.1) is 6.92 Å². The summed E-state index contributed by atoms with van der Waals surface area (Å²) in [6, 6.07) is 14.3. The fraction of sp³-hybridized carbons (Fsp3) is 0.0526. The second-order valence-corrected chi connectivity index (χ2v) is 7.62. The Balaban J connectivity index is 1.83. The largest absolute Gasteiger partial charge is 0.269 e. The van der Waals surface area contributed by atoms with E-state index in [4.69, 9.17) is 0 Å². The van der Waals surface area contributed by atoms with Gasteiger partial charge in [-0.1, -0.05) is 23.8 Å². The number of fused-ring (bicyclic) bond motifs is 1. The Morgan fingerprint density at radius 1 is 0.960 bits per heavy atom. The van der Waals surface area contributed by atoms with E-state index >= 15 is 0 Å². The average Bonchev–Trinajstić information content (AvgIpc) is 3.07. The van der Waals surface area contributed by atoms with Gasteiger partial charge in [-0.05, 0) is 37.3 Å². The maximum atomic E-state index is 12.9. The normalized spacial score (nSPS) is 11.7. The van der Waals surface area contributed by atoms with E-state index in [1.54, 1.807) is 55.1 Å². The highest BCUT2D eigenvalue weighted by molar-refractivity contribution is 7.90. The second kappa shape index (κ2) is 5.82. The molecule has 3 aromatic heterocycles. The molecule has 0 aliphatic carbocycles. The minimum absolute atomic E-state index is 0.244.